The van der Waals surface area contributed by atoms with Crippen molar-refractivity contribution in [1.82, 2.24) is 9.36 Å². The summed E-state index contributed by atoms with van der Waals surface area (Å²) in [6, 6.07) is 16.2. The van der Waals surface area contributed by atoms with Gasteiger partial charge >= 0.3 is 0 Å². The highest BCUT2D eigenvalue weighted by Crippen LogP contribution is 2.17. The van der Waals surface area contributed by atoms with Crippen molar-refractivity contribution in [2.75, 3.05) is 5.32 Å². The number of benzene rings is 2. The van der Waals surface area contributed by atoms with E-state index >= 15 is 0 Å². The minimum Gasteiger partial charge on any atom is -0.491 e. The summed E-state index contributed by atoms with van der Waals surface area (Å²) in [6.07, 6.45) is 0.0631. The van der Waals surface area contributed by atoms with Crippen molar-refractivity contribution in [3.63, 3.8) is 0 Å². The van der Waals surface area contributed by atoms with Crippen LogP contribution in [0.3, 0.4) is 0 Å². The summed E-state index contributed by atoms with van der Waals surface area (Å²) in [6.45, 7) is 5.68. The molecule has 0 aliphatic carbocycles. The van der Waals surface area contributed by atoms with Gasteiger partial charge in [-0.15, -0.1) is 0 Å². The first-order chi connectivity index (χ1) is 12.9. The van der Waals surface area contributed by atoms with E-state index in [9.17, 15) is 9.59 Å². The van der Waals surface area contributed by atoms with Crippen molar-refractivity contribution >= 4 is 11.6 Å². The number of carbonyl (C=O) groups is 1. The van der Waals surface area contributed by atoms with E-state index in [4.69, 9.17) is 4.74 Å². The molecular weight excluding hydrogens is 342 g/mol. The third-order valence-electron chi connectivity index (χ3n) is 4.28. The summed E-state index contributed by atoms with van der Waals surface area (Å²) < 4.78 is 8.85. The van der Waals surface area contributed by atoms with Gasteiger partial charge in [0.05, 0.1) is 17.5 Å². The Morgan fingerprint density at radius 2 is 1.67 bits per heavy atom. The molecule has 6 nitrogen and oxygen atoms in total. The Bertz CT molecular complexity index is 1000. The predicted molar refractivity (Wildman–Crippen MR) is 106 cm³/mol. The van der Waals surface area contributed by atoms with E-state index in [-0.39, 0.29) is 23.3 Å². The fourth-order valence-electron chi connectivity index (χ4n) is 2.86. The van der Waals surface area contributed by atoms with E-state index in [0.717, 1.165) is 5.69 Å². The Labute approximate surface area is 158 Å². The van der Waals surface area contributed by atoms with Crippen LogP contribution in [0.15, 0.2) is 59.4 Å². The van der Waals surface area contributed by atoms with E-state index in [0.29, 0.717) is 17.0 Å². The molecule has 0 radical (unpaired) electrons. The molecule has 0 fully saturated rings. The van der Waals surface area contributed by atoms with Gasteiger partial charge in [-0.1, -0.05) is 18.2 Å². The fraction of sp³-hybridized carbons (Fsp3) is 0.238. The topological polar surface area (TPSA) is 65.3 Å². The summed E-state index contributed by atoms with van der Waals surface area (Å²) in [4.78, 5) is 25.5. The van der Waals surface area contributed by atoms with Crippen molar-refractivity contribution in [2.24, 2.45) is 7.05 Å². The van der Waals surface area contributed by atoms with Gasteiger partial charge in [-0.05, 0) is 57.2 Å². The number of rotatable bonds is 5. The molecule has 6 heteroatoms. The Balaban J connectivity index is 1.88. The van der Waals surface area contributed by atoms with Crippen LogP contribution in [0.2, 0.25) is 0 Å². The molecule has 140 valence electrons. The van der Waals surface area contributed by atoms with Crippen LogP contribution < -0.4 is 15.6 Å². The summed E-state index contributed by atoms with van der Waals surface area (Å²) in [5.41, 5.74) is 1.88. The zero-order valence-corrected chi connectivity index (χ0v) is 15.9. The lowest BCUT2D eigenvalue weighted by Crippen LogP contribution is -2.22. The molecule has 0 aliphatic rings. The molecule has 3 aromatic rings. The normalized spacial score (nSPS) is 10.9. The third-order valence-corrected chi connectivity index (χ3v) is 4.28. The van der Waals surface area contributed by atoms with E-state index in [1.165, 1.54) is 4.68 Å². The molecule has 0 bridgehead atoms. The highest BCUT2D eigenvalue weighted by Gasteiger charge is 2.18. The largest absolute Gasteiger partial charge is 0.491 e. The molecule has 0 atom stereocenters. The Morgan fingerprint density at radius 1 is 1.04 bits per heavy atom. The van der Waals surface area contributed by atoms with Crippen LogP contribution in [0.1, 0.15) is 29.9 Å². The summed E-state index contributed by atoms with van der Waals surface area (Å²) >= 11 is 0. The lowest BCUT2D eigenvalue weighted by Gasteiger charge is -2.10. The standard InChI is InChI=1S/C21H23N3O3/c1-14(2)27-18-12-10-16(11-13-18)20(25)22-19-15(3)23(4)24(21(19)26)17-8-6-5-7-9-17/h5-14H,1-4H3,(H,22,25). The molecule has 1 N–H and O–H groups in total. The van der Waals surface area contributed by atoms with Crippen LogP contribution in [0, 0.1) is 6.92 Å². The summed E-state index contributed by atoms with van der Waals surface area (Å²) in [7, 11) is 1.79. The van der Waals surface area contributed by atoms with Gasteiger partial charge in [-0.2, -0.15) is 0 Å². The van der Waals surface area contributed by atoms with Gasteiger partial charge in [0, 0.05) is 12.6 Å². The first kappa shape index (κ1) is 18.5. The van der Waals surface area contributed by atoms with Crippen LogP contribution in [-0.2, 0) is 7.05 Å². The number of nitrogens with one attached hydrogen (secondary N) is 1. The first-order valence-corrected chi connectivity index (χ1v) is 8.80. The number of ether oxygens (including phenoxy) is 1. The van der Waals surface area contributed by atoms with Gasteiger partial charge in [0.1, 0.15) is 11.4 Å². The Kier molecular flexibility index (Phi) is 5.16. The van der Waals surface area contributed by atoms with Crippen LogP contribution in [0.4, 0.5) is 5.69 Å². The lowest BCUT2D eigenvalue weighted by atomic mass is 10.2. The highest BCUT2D eigenvalue weighted by atomic mass is 16.5. The number of nitrogens with zero attached hydrogens (tertiary/aromatic N) is 2. The minimum atomic E-state index is -0.336. The maximum atomic E-state index is 12.9. The minimum absolute atomic E-state index is 0.0631. The van der Waals surface area contributed by atoms with Gasteiger partial charge in [0.2, 0.25) is 0 Å². The molecule has 2 aromatic carbocycles. The lowest BCUT2D eigenvalue weighted by molar-refractivity contribution is 0.102. The molecule has 0 saturated carbocycles. The van der Waals surface area contributed by atoms with Crippen LogP contribution in [-0.4, -0.2) is 21.4 Å². The van der Waals surface area contributed by atoms with Crippen molar-refractivity contribution < 1.29 is 9.53 Å². The van der Waals surface area contributed by atoms with Gasteiger partial charge in [-0.25, -0.2) is 4.68 Å². The van der Waals surface area contributed by atoms with Crippen molar-refractivity contribution in [3.05, 3.63) is 76.2 Å². The predicted octanol–water partition coefficient (Wildman–Crippen LogP) is 3.52. The zero-order chi connectivity index (χ0) is 19.6. The Hall–Kier alpha value is -3.28. The number of hydrogen-bond donors (Lipinski definition) is 1. The molecule has 27 heavy (non-hydrogen) atoms. The fourth-order valence-corrected chi connectivity index (χ4v) is 2.86. The van der Waals surface area contributed by atoms with Crippen LogP contribution in [0.5, 0.6) is 5.75 Å². The number of para-hydroxylation sites is 1. The molecule has 0 spiro atoms. The van der Waals surface area contributed by atoms with E-state index < -0.39 is 0 Å². The Morgan fingerprint density at radius 3 is 2.26 bits per heavy atom. The number of amides is 1. The molecule has 1 aromatic heterocycles. The van der Waals surface area contributed by atoms with E-state index in [1.54, 1.807) is 42.9 Å². The third kappa shape index (κ3) is 3.79. The van der Waals surface area contributed by atoms with Gasteiger partial charge in [-0.3, -0.25) is 14.3 Å². The van der Waals surface area contributed by atoms with Crippen LogP contribution in [0.25, 0.3) is 5.69 Å². The number of carbonyl (C=O) groups excluding carboxylic acids is 1. The first-order valence-electron chi connectivity index (χ1n) is 8.80. The molecule has 1 amide bonds. The number of anilines is 1. The van der Waals surface area contributed by atoms with Crippen molar-refractivity contribution in [2.45, 2.75) is 26.9 Å². The maximum Gasteiger partial charge on any atom is 0.295 e. The van der Waals surface area contributed by atoms with Gasteiger partial charge in [0.25, 0.3) is 11.5 Å². The number of aromatic nitrogens is 2. The van der Waals surface area contributed by atoms with Crippen LogP contribution >= 0.6 is 0 Å². The molecule has 1 heterocycles. The quantitative estimate of drug-likeness (QED) is 0.752. The molecule has 0 saturated heterocycles. The van der Waals surface area contributed by atoms with E-state index in [1.807, 2.05) is 44.2 Å². The van der Waals surface area contributed by atoms with Gasteiger partial charge < -0.3 is 10.1 Å². The maximum absolute atomic E-state index is 12.9. The monoisotopic (exact) mass is 365 g/mol. The smallest absolute Gasteiger partial charge is 0.295 e. The molecule has 3 rings (SSSR count). The number of hydrogen-bond acceptors (Lipinski definition) is 3. The molecule has 0 unspecified atom stereocenters. The second kappa shape index (κ2) is 7.53. The average molecular weight is 365 g/mol. The zero-order valence-electron chi connectivity index (χ0n) is 15.9. The van der Waals surface area contributed by atoms with Gasteiger partial charge in [0.15, 0.2) is 0 Å². The van der Waals surface area contributed by atoms with Crippen molar-refractivity contribution in [1.29, 1.82) is 0 Å². The summed E-state index contributed by atoms with van der Waals surface area (Å²) in [5.74, 6) is 0.362. The van der Waals surface area contributed by atoms with E-state index in [2.05, 4.69) is 5.32 Å². The van der Waals surface area contributed by atoms with Crippen molar-refractivity contribution in [3.8, 4) is 11.4 Å². The molecule has 0 aliphatic heterocycles. The second-order valence-corrected chi connectivity index (χ2v) is 6.58. The highest BCUT2D eigenvalue weighted by molar-refractivity contribution is 6.04. The average Bonchev–Trinajstić information content (AvgIpc) is 2.86. The second-order valence-electron chi connectivity index (χ2n) is 6.58. The summed E-state index contributed by atoms with van der Waals surface area (Å²) in [5, 5.41) is 2.75. The molecular formula is C21H23N3O3. The SMILES string of the molecule is Cc1c(NC(=O)c2ccc(OC(C)C)cc2)c(=O)n(-c2ccccc2)n1C.